The fraction of sp³-hybridized carbons (Fsp3) is 0.250. The minimum absolute atomic E-state index is 0.109. The van der Waals surface area contributed by atoms with Crippen LogP contribution in [0.4, 0.5) is 5.69 Å². The van der Waals surface area contributed by atoms with Gasteiger partial charge in [0.15, 0.2) is 18.1 Å². The summed E-state index contributed by atoms with van der Waals surface area (Å²) in [5, 5.41) is 7.62. The summed E-state index contributed by atoms with van der Waals surface area (Å²) in [6.45, 7) is 5.84. The molecule has 0 bridgehead atoms. The average molecular weight is 536 g/mol. The molecule has 0 saturated carbocycles. The van der Waals surface area contributed by atoms with Crippen molar-refractivity contribution < 1.29 is 14.3 Å². The summed E-state index contributed by atoms with van der Waals surface area (Å²) >= 11 is 3.64. The van der Waals surface area contributed by atoms with Crippen LogP contribution in [0.15, 0.2) is 71.3 Å². The normalized spacial score (nSPS) is 10.9. The first-order valence-electron chi connectivity index (χ1n) is 11.7. The number of nitrogens with one attached hydrogen (secondary N) is 3. The predicted molar refractivity (Wildman–Crippen MR) is 144 cm³/mol. The second-order valence-electron chi connectivity index (χ2n) is 8.31. The van der Waals surface area contributed by atoms with Crippen LogP contribution >= 0.6 is 15.9 Å². The van der Waals surface area contributed by atoms with E-state index < -0.39 is 0 Å². The number of rotatable bonds is 11. The van der Waals surface area contributed by atoms with Gasteiger partial charge >= 0.3 is 0 Å². The van der Waals surface area contributed by atoms with Crippen LogP contribution in [0.25, 0.3) is 10.9 Å². The van der Waals surface area contributed by atoms with E-state index in [1.54, 1.807) is 0 Å². The van der Waals surface area contributed by atoms with Gasteiger partial charge in [0, 0.05) is 33.8 Å². The summed E-state index contributed by atoms with van der Waals surface area (Å²) in [4.78, 5) is 15.7. The van der Waals surface area contributed by atoms with Crippen molar-refractivity contribution >= 4 is 38.4 Å². The molecule has 6 nitrogen and oxygen atoms in total. The van der Waals surface area contributed by atoms with Gasteiger partial charge in [-0.1, -0.05) is 51.8 Å². The molecule has 3 N–H and O–H groups in total. The van der Waals surface area contributed by atoms with Crippen LogP contribution in [0.1, 0.15) is 23.6 Å². The van der Waals surface area contributed by atoms with Crippen LogP contribution < -0.4 is 20.1 Å². The number of ether oxygens (including phenoxy) is 2. The van der Waals surface area contributed by atoms with E-state index in [-0.39, 0.29) is 12.5 Å². The van der Waals surface area contributed by atoms with Gasteiger partial charge in [0.2, 0.25) is 0 Å². The monoisotopic (exact) mass is 535 g/mol. The largest absolute Gasteiger partial charge is 0.490 e. The quantitative estimate of drug-likeness (QED) is 0.206. The highest BCUT2D eigenvalue weighted by Gasteiger charge is 2.13. The SMILES string of the molecule is CCOc1cc(CNCCc2c[nH]c3ccccc23)c(Br)cc1OCC(=O)Nc1ccc(C)cc1. The first-order valence-corrected chi connectivity index (χ1v) is 12.5. The number of hydrogen-bond acceptors (Lipinski definition) is 4. The lowest BCUT2D eigenvalue weighted by Crippen LogP contribution is -2.20. The molecule has 0 spiro atoms. The van der Waals surface area contributed by atoms with Gasteiger partial charge in [-0.05, 0) is 68.3 Å². The number of H-pyrrole nitrogens is 1. The number of benzene rings is 3. The average Bonchev–Trinajstić information content (AvgIpc) is 3.27. The number of anilines is 1. The number of aryl methyl sites for hydroxylation is 1. The zero-order valence-electron chi connectivity index (χ0n) is 20.0. The van der Waals surface area contributed by atoms with Crippen LogP contribution in [0.2, 0.25) is 0 Å². The summed E-state index contributed by atoms with van der Waals surface area (Å²) < 4.78 is 12.5. The second-order valence-corrected chi connectivity index (χ2v) is 9.17. The zero-order chi connectivity index (χ0) is 24.6. The van der Waals surface area contributed by atoms with Gasteiger partial charge in [-0.3, -0.25) is 4.79 Å². The Morgan fingerprint density at radius 1 is 1.00 bits per heavy atom. The maximum atomic E-state index is 12.3. The first-order chi connectivity index (χ1) is 17.0. The summed E-state index contributed by atoms with van der Waals surface area (Å²) in [6.07, 6.45) is 3.01. The minimum atomic E-state index is -0.226. The van der Waals surface area contributed by atoms with Crippen molar-refractivity contribution in [2.75, 3.05) is 25.1 Å². The van der Waals surface area contributed by atoms with Gasteiger partial charge in [-0.25, -0.2) is 0 Å². The van der Waals surface area contributed by atoms with Crippen LogP contribution in [-0.2, 0) is 17.8 Å². The second kappa shape index (κ2) is 11.9. The molecular weight excluding hydrogens is 506 g/mol. The van der Waals surface area contributed by atoms with Gasteiger partial charge in [-0.2, -0.15) is 0 Å². The molecule has 0 fully saturated rings. The number of fused-ring (bicyclic) bond motifs is 1. The molecule has 0 saturated heterocycles. The highest BCUT2D eigenvalue weighted by atomic mass is 79.9. The Morgan fingerprint density at radius 3 is 2.57 bits per heavy atom. The predicted octanol–water partition coefficient (Wildman–Crippen LogP) is 5.99. The molecule has 3 aromatic carbocycles. The van der Waals surface area contributed by atoms with E-state index in [9.17, 15) is 4.79 Å². The van der Waals surface area contributed by atoms with Gasteiger partial charge in [0.1, 0.15) is 0 Å². The molecule has 0 aliphatic heterocycles. The molecule has 182 valence electrons. The lowest BCUT2D eigenvalue weighted by atomic mass is 10.1. The number of carbonyl (C=O) groups is 1. The Kier molecular flexibility index (Phi) is 8.45. The summed E-state index contributed by atoms with van der Waals surface area (Å²) in [5.41, 5.74) is 5.40. The third-order valence-corrected chi connectivity index (χ3v) is 6.41. The van der Waals surface area contributed by atoms with Crippen LogP contribution in [0.5, 0.6) is 11.5 Å². The Labute approximate surface area is 214 Å². The maximum Gasteiger partial charge on any atom is 0.262 e. The fourth-order valence-electron chi connectivity index (χ4n) is 3.86. The van der Waals surface area contributed by atoms with Crippen molar-refractivity contribution in [3.63, 3.8) is 0 Å². The highest BCUT2D eigenvalue weighted by molar-refractivity contribution is 9.10. The van der Waals surface area contributed by atoms with Gasteiger partial charge in [0.25, 0.3) is 5.91 Å². The molecule has 7 heteroatoms. The fourth-order valence-corrected chi connectivity index (χ4v) is 4.32. The molecule has 1 heterocycles. The van der Waals surface area contributed by atoms with E-state index in [0.717, 1.165) is 39.8 Å². The molecule has 1 aromatic heterocycles. The molecular formula is C28H30BrN3O3. The number of carbonyl (C=O) groups excluding carboxylic acids is 1. The number of para-hydroxylation sites is 1. The molecule has 0 aliphatic rings. The van der Waals surface area contributed by atoms with E-state index in [0.29, 0.717) is 24.7 Å². The Hall–Kier alpha value is -3.29. The van der Waals surface area contributed by atoms with E-state index in [1.807, 2.05) is 56.3 Å². The van der Waals surface area contributed by atoms with E-state index in [1.165, 1.54) is 10.9 Å². The molecule has 0 unspecified atom stereocenters. The summed E-state index contributed by atoms with van der Waals surface area (Å²) in [5.74, 6) is 0.919. The molecule has 1 amide bonds. The molecule has 4 aromatic rings. The van der Waals surface area contributed by atoms with Gasteiger partial charge < -0.3 is 25.1 Å². The van der Waals surface area contributed by atoms with Gasteiger partial charge in [0.05, 0.1) is 6.61 Å². The molecule has 0 radical (unpaired) electrons. The number of halogens is 1. The van der Waals surface area contributed by atoms with E-state index in [4.69, 9.17) is 9.47 Å². The molecule has 4 rings (SSSR count). The maximum absolute atomic E-state index is 12.3. The number of hydrogen-bond donors (Lipinski definition) is 3. The number of aromatic nitrogens is 1. The minimum Gasteiger partial charge on any atom is -0.490 e. The van der Waals surface area contributed by atoms with Gasteiger partial charge in [-0.15, -0.1) is 0 Å². The van der Waals surface area contributed by atoms with Crippen molar-refractivity contribution in [1.82, 2.24) is 10.3 Å². The van der Waals surface area contributed by atoms with Crippen LogP contribution in [0.3, 0.4) is 0 Å². The topological polar surface area (TPSA) is 75.4 Å². The lowest BCUT2D eigenvalue weighted by Gasteiger charge is -2.15. The molecule has 0 atom stereocenters. The van der Waals surface area contributed by atoms with Crippen molar-refractivity contribution in [2.24, 2.45) is 0 Å². The van der Waals surface area contributed by atoms with Crippen LogP contribution in [-0.4, -0.2) is 30.6 Å². The number of amides is 1. The highest BCUT2D eigenvalue weighted by Crippen LogP contribution is 2.34. The summed E-state index contributed by atoms with van der Waals surface area (Å²) in [7, 11) is 0. The van der Waals surface area contributed by atoms with Crippen molar-refractivity contribution in [3.05, 3.63) is 88.0 Å². The Morgan fingerprint density at radius 2 is 1.77 bits per heavy atom. The number of aromatic amines is 1. The van der Waals surface area contributed by atoms with Crippen molar-refractivity contribution in [3.8, 4) is 11.5 Å². The van der Waals surface area contributed by atoms with Crippen molar-refractivity contribution in [1.29, 1.82) is 0 Å². The van der Waals surface area contributed by atoms with E-state index >= 15 is 0 Å². The Bertz CT molecular complexity index is 1280. The van der Waals surface area contributed by atoms with Crippen LogP contribution in [0, 0.1) is 6.92 Å². The zero-order valence-corrected chi connectivity index (χ0v) is 21.6. The lowest BCUT2D eigenvalue weighted by molar-refractivity contribution is -0.118. The third-order valence-electron chi connectivity index (χ3n) is 5.67. The smallest absolute Gasteiger partial charge is 0.262 e. The standard InChI is InChI=1S/C28H30BrN3O3/c1-3-34-26-14-21(16-30-13-12-20-17-31-25-7-5-4-6-23(20)25)24(29)15-27(26)35-18-28(33)32-22-10-8-19(2)9-11-22/h4-11,14-15,17,30-31H,3,12-13,16,18H2,1-2H3,(H,32,33). The third kappa shape index (κ3) is 6.65. The Balaban J connectivity index is 1.33. The van der Waals surface area contributed by atoms with Crippen molar-refractivity contribution in [2.45, 2.75) is 26.8 Å². The molecule has 35 heavy (non-hydrogen) atoms. The molecule has 0 aliphatic carbocycles. The first kappa shape index (κ1) is 24.8. The van der Waals surface area contributed by atoms with E-state index in [2.05, 4.69) is 55.9 Å². The summed E-state index contributed by atoms with van der Waals surface area (Å²) in [6, 6.07) is 19.8.